The molecule has 3 rings (SSSR count). The van der Waals surface area contributed by atoms with Crippen LogP contribution in [0.25, 0.3) is 21.8 Å². The third-order valence-corrected chi connectivity index (χ3v) is 4.59. The summed E-state index contributed by atoms with van der Waals surface area (Å²) in [5, 5.41) is 20.5. The highest BCUT2D eigenvalue weighted by Gasteiger charge is 2.24. The van der Waals surface area contributed by atoms with E-state index in [0.29, 0.717) is 12.8 Å². The van der Waals surface area contributed by atoms with Gasteiger partial charge in [-0.25, -0.2) is 0 Å². The number of aromatic nitrogens is 1. The summed E-state index contributed by atoms with van der Waals surface area (Å²) in [6.45, 7) is 0. The van der Waals surface area contributed by atoms with Crippen molar-refractivity contribution in [1.82, 2.24) is 4.98 Å². The SMILES string of the molecule is N[C@@H](CC(CCc1cccc2c1[nH]c1ccccc12)C(=O)O)C(=O)O. The number of carbonyl (C=O) groups is 2. The van der Waals surface area contributed by atoms with Gasteiger partial charge in [0.25, 0.3) is 0 Å². The number of para-hydroxylation sites is 2. The van der Waals surface area contributed by atoms with Crippen molar-refractivity contribution in [3.63, 3.8) is 0 Å². The van der Waals surface area contributed by atoms with Gasteiger partial charge in [0.05, 0.1) is 5.92 Å². The Kier molecular flexibility index (Phi) is 4.72. The van der Waals surface area contributed by atoms with E-state index in [1.807, 2.05) is 42.5 Å². The molecule has 2 atom stereocenters. The molecule has 0 spiro atoms. The van der Waals surface area contributed by atoms with Crippen molar-refractivity contribution in [1.29, 1.82) is 0 Å². The first-order chi connectivity index (χ1) is 12.0. The molecule has 6 heteroatoms. The van der Waals surface area contributed by atoms with E-state index in [-0.39, 0.29) is 6.42 Å². The predicted octanol–water partition coefficient (Wildman–Crippen LogP) is 2.76. The lowest BCUT2D eigenvalue weighted by molar-refractivity contribution is -0.143. The highest BCUT2D eigenvalue weighted by Crippen LogP contribution is 2.28. The van der Waals surface area contributed by atoms with E-state index in [1.54, 1.807) is 0 Å². The van der Waals surface area contributed by atoms with E-state index < -0.39 is 23.9 Å². The molecule has 0 aliphatic heterocycles. The second kappa shape index (κ2) is 6.94. The summed E-state index contributed by atoms with van der Waals surface area (Å²) in [5.41, 5.74) is 8.54. The smallest absolute Gasteiger partial charge is 0.320 e. The lowest BCUT2D eigenvalue weighted by atomic mass is 9.92. The quantitative estimate of drug-likeness (QED) is 0.528. The van der Waals surface area contributed by atoms with E-state index in [1.165, 1.54) is 0 Å². The molecule has 2 aromatic carbocycles. The predicted molar refractivity (Wildman–Crippen MR) is 95.5 cm³/mol. The summed E-state index contributed by atoms with van der Waals surface area (Å²) < 4.78 is 0. The van der Waals surface area contributed by atoms with Crippen molar-refractivity contribution in [2.45, 2.75) is 25.3 Å². The number of hydrogen-bond acceptors (Lipinski definition) is 3. The molecule has 3 aromatic rings. The first-order valence-corrected chi connectivity index (χ1v) is 8.17. The largest absolute Gasteiger partial charge is 0.481 e. The number of rotatable bonds is 7. The van der Waals surface area contributed by atoms with Crippen LogP contribution in [0, 0.1) is 5.92 Å². The molecule has 0 fully saturated rings. The molecule has 0 bridgehead atoms. The van der Waals surface area contributed by atoms with E-state index in [4.69, 9.17) is 10.8 Å². The zero-order valence-electron chi connectivity index (χ0n) is 13.6. The van der Waals surface area contributed by atoms with Gasteiger partial charge in [0.2, 0.25) is 0 Å². The molecule has 0 aliphatic rings. The normalized spacial score (nSPS) is 13.8. The first kappa shape index (κ1) is 17.0. The van der Waals surface area contributed by atoms with Crippen LogP contribution in [0.3, 0.4) is 0 Å². The topological polar surface area (TPSA) is 116 Å². The van der Waals surface area contributed by atoms with Crippen LogP contribution >= 0.6 is 0 Å². The van der Waals surface area contributed by atoms with Gasteiger partial charge in [-0.1, -0.05) is 36.4 Å². The number of aryl methyl sites for hydroxylation is 1. The van der Waals surface area contributed by atoms with Crippen LogP contribution in [0.2, 0.25) is 0 Å². The van der Waals surface area contributed by atoms with Gasteiger partial charge in [0.1, 0.15) is 6.04 Å². The number of carboxylic acids is 2. The van der Waals surface area contributed by atoms with Gasteiger partial charge < -0.3 is 20.9 Å². The fraction of sp³-hybridized carbons (Fsp3) is 0.263. The van der Waals surface area contributed by atoms with Crippen LogP contribution in [0.5, 0.6) is 0 Å². The van der Waals surface area contributed by atoms with E-state index >= 15 is 0 Å². The summed E-state index contributed by atoms with van der Waals surface area (Å²) in [7, 11) is 0. The molecule has 1 heterocycles. The molecule has 130 valence electrons. The molecule has 6 nitrogen and oxygen atoms in total. The van der Waals surface area contributed by atoms with Crippen LogP contribution in [0.15, 0.2) is 42.5 Å². The molecule has 0 radical (unpaired) electrons. The molecule has 0 aliphatic carbocycles. The number of benzene rings is 2. The molecule has 25 heavy (non-hydrogen) atoms. The van der Waals surface area contributed by atoms with Gasteiger partial charge in [-0.05, 0) is 30.9 Å². The molecule has 1 aromatic heterocycles. The maximum Gasteiger partial charge on any atom is 0.320 e. The van der Waals surface area contributed by atoms with Crippen molar-refractivity contribution >= 4 is 33.7 Å². The van der Waals surface area contributed by atoms with E-state index in [0.717, 1.165) is 27.4 Å². The number of H-pyrrole nitrogens is 1. The van der Waals surface area contributed by atoms with Crippen LogP contribution in [0.4, 0.5) is 0 Å². The molecule has 1 unspecified atom stereocenters. The van der Waals surface area contributed by atoms with Crippen molar-refractivity contribution in [2.75, 3.05) is 0 Å². The number of hydrogen-bond donors (Lipinski definition) is 4. The lowest BCUT2D eigenvalue weighted by Gasteiger charge is -2.15. The Hall–Kier alpha value is -2.86. The van der Waals surface area contributed by atoms with Gasteiger partial charge in [-0.2, -0.15) is 0 Å². The fourth-order valence-corrected chi connectivity index (χ4v) is 3.22. The van der Waals surface area contributed by atoms with Gasteiger partial charge in [-0.3, -0.25) is 9.59 Å². The monoisotopic (exact) mass is 340 g/mol. The molecule has 0 saturated carbocycles. The summed E-state index contributed by atoms with van der Waals surface area (Å²) in [6, 6.07) is 12.8. The second-order valence-corrected chi connectivity index (χ2v) is 6.26. The molecular weight excluding hydrogens is 320 g/mol. The number of carboxylic acid groups (broad SMARTS) is 2. The number of fused-ring (bicyclic) bond motifs is 3. The minimum absolute atomic E-state index is 0.0760. The highest BCUT2D eigenvalue weighted by atomic mass is 16.4. The standard InChI is InChI=1S/C19H20N2O4/c20-15(19(24)25)10-12(18(22)23)9-8-11-4-3-6-14-13-5-1-2-7-16(13)21-17(11)14/h1-7,12,15,21H,8-10,20H2,(H,22,23)(H,24,25)/t12?,15-/m0/s1. The fourth-order valence-electron chi connectivity index (χ4n) is 3.22. The summed E-state index contributed by atoms with van der Waals surface area (Å²) >= 11 is 0. The van der Waals surface area contributed by atoms with Gasteiger partial charge in [0, 0.05) is 21.8 Å². The van der Waals surface area contributed by atoms with Crippen LogP contribution in [-0.4, -0.2) is 33.2 Å². The minimum atomic E-state index is -1.18. The summed E-state index contributed by atoms with van der Waals surface area (Å²) in [4.78, 5) is 25.7. The average Bonchev–Trinajstić information content (AvgIpc) is 2.97. The zero-order chi connectivity index (χ0) is 18.0. The average molecular weight is 340 g/mol. The van der Waals surface area contributed by atoms with Crippen molar-refractivity contribution in [3.8, 4) is 0 Å². The van der Waals surface area contributed by atoms with Crippen LogP contribution < -0.4 is 5.73 Å². The van der Waals surface area contributed by atoms with Crippen LogP contribution in [0.1, 0.15) is 18.4 Å². The van der Waals surface area contributed by atoms with Gasteiger partial charge in [0.15, 0.2) is 0 Å². The van der Waals surface area contributed by atoms with Crippen molar-refractivity contribution in [3.05, 3.63) is 48.0 Å². The van der Waals surface area contributed by atoms with E-state index in [2.05, 4.69) is 4.98 Å². The van der Waals surface area contributed by atoms with Crippen LogP contribution in [-0.2, 0) is 16.0 Å². The number of nitrogens with one attached hydrogen (secondary N) is 1. The van der Waals surface area contributed by atoms with Crippen molar-refractivity contribution < 1.29 is 19.8 Å². The Morgan fingerprint density at radius 3 is 2.44 bits per heavy atom. The third kappa shape index (κ3) is 3.49. The Morgan fingerprint density at radius 1 is 1.00 bits per heavy atom. The Bertz CT molecular complexity index is 931. The minimum Gasteiger partial charge on any atom is -0.481 e. The summed E-state index contributed by atoms with van der Waals surface area (Å²) in [5.74, 6) is -2.98. The molecule has 0 amide bonds. The summed E-state index contributed by atoms with van der Waals surface area (Å²) in [6.07, 6.45) is 0.797. The first-order valence-electron chi connectivity index (χ1n) is 8.17. The molecular formula is C19H20N2O4. The third-order valence-electron chi connectivity index (χ3n) is 4.59. The Balaban J connectivity index is 1.84. The van der Waals surface area contributed by atoms with Gasteiger partial charge >= 0.3 is 11.9 Å². The number of aromatic amines is 1. The lowest BCUT2D eigenvalue weighted by Crippen LogP contribution is -2.34. The zero-order valence-corrected chi connectivity index (χ0v) is 13.6. The Morgan fingerprint density at radius 2 is 1.72 bits per heavy atom. The Labute approximate surface area is 144 Å². The van der Waals surface area contributed by atoms with Gasteiger partial charge in [-0.15, -0.1) is 0 Å². The highest BCUT2D eigenvalue weighted by molar-refractivity contribution is 6.08. The second-order valence-electron chi connectivity index (χ2n) is 6.26. The van der Waals surface area contributed by atoms with Crippen molar-refractivity contribution in [2.24, 2.45) is 11.7 Å². The maximum absolute atomic E-state index is 11.4. The number of aliphatic carboxylic acids is 2. The molecule has 5 N–H and O–H groups in total. The van der Waals surface area contributed by atoms with E-state index in [9.17, 15) is 14.7 Å². The maximum atomic E-state index is 11.4. The number of nitrogens with two attached hydrogens (primary N) is 1. The molecule has 0 saturated heterocycles.